The van der Waals surface area contributed by atoms with Gasteiger partial charge in [-0.1, -0.05) is 39.3 Å². The molecule has 0 fully saturated rings. The average Bonchev–Trinajstić information content (AvgIpc) is 1.82. The van der Waals surface area contributed by atoms with Crippen LogP contribution in [0.25, 0.3) is 0 Å². The molecule has 0 aliphatic heterocycles. The minimum atomic E-state index is -3.77. The molecule has 136 valence electrons. The van der Waals surface area contributed by atoms with Crippen LogP contribution >= 0.6 is 0 Å². The monoisotopic (exact) mass is 403 g/mol. The normalized spacial score (nSPS) is 14.4. The Bertz CT molecular complexity index is 394. The lowest BCUT2D eigenvalue weighted by Crippen LogP contribution is -2.55. The van der Waals surface area contributed by atoms with Gasteiger partial charge in [-0.25, -0.2) is 0 Å². The van der Waals surface area contributed by atoms with Gasteiger partial charge in [0.25, 0.3) is 0 Å². The highest BCUT2D eigenvalue weighted by Crippen LogP contribution is 2.14. The van der Waals surface area contributed by atoms with Crippen LogP contribution in [-0.4, -0.2) is 41.5 Å². The van der Waals surface area contributed by atoms with Crippen molar-refractivity contribution in [1.29, 1.82) is 0 Å². The van der Waals surface area contributed by atoms with Crippen molar-refractivity contribution < 1.29 is 16.2 Å². The van der Waals surface area contributed by atoms with Gasteiger partial charge in [-0.2, -0.15) is 8.42 Å². The van der Waals surface area contributed by atoms with Crippen LogP contribution in [0, 0.1) is 0 Å². The first-order chi connectivity index (χ1) is 9.12. The van der Waals surface area contributed by atoms with Crippen LogP contribution in [0.5, 0.6) is 0 Å². The van der Waals surface area contributed by atoms with Gasteiger partial charge >= 0.3 is 10.4 Å². The smallest absolute Gasteiger partial charge is 0.360 e. The minimum Gasteiger partial charge on any atom is -0.360 e. The Hall–Kier alpha value is 0.698. The van der Waals surface area contributed by atoms with Crippen LogP contribution < -0.4 is 4.65 Å². The molecule has 0 radical (unpaired) electrons. The van der Waals surface area contributed by atoms with Gasteiger partial charge in [-0.3, -0.25) is 7.74 Å². The molecule has 0 aromatic rings. The summed E-state index contributed by atoms with van der Waals surface area (Å²) in [5.41, 5.74) is 0. The fraction of sp³-hybridized carbons (Fsp3) is 1.00. The van der Waals surface area contributed by atoms with Crippen molar-refractivity contribution in [2.24, 2.45) is 0 Å². The van der Waals surface area contributed by atoms with Gasteiger partial charge in [0, 0.05) is 0 Å². The Balaban J connectivity index is 0. The number of nitrogens with one attached hydrogen (secondary N) is 1. The van der Waals surface area contributed by atoms with Crippen LogP contribution in [0.4, 0.5) is 0 Å². The van der Waals surface area contributed by atoms with Gasteiger partial charge in [0.1, 0.15) is 16.5 Å². The Labute approximate surface area is 143 Å². The van der Waals surface area contributed by atoms with E-state index in [1.807, 2.05) is 0 Å². The molecule has 1 N–H and O–H groups in total. The maximum atomic E-state index is 11.3. The third-order valence-electron chi connectivity index (χ3n) is 1.45. The van der Waals surface area contributed by atoms with Crippen LogP contribution in [0.2, 0.25) is 78.6 Å². The summed E-state index contributed by atoms with van der Waals surface area (Å²) in [7, 11) is -9.90. The quantitative estimate of drug-likeness (QED) is 0.674. The van der Waals surface area contributed by atoms with Gasteiger partial charge in [-0.05, 0) is 39.3 Å². The lowest BCUT2D eigenvalue weighted by molar-refractivity contribution is 0.390. The van der Waals surface area contributed by atoms with Crippen molar-refractivity contribution in [3.05, 3.63) is 0 Å². The number of hydrogen-bond donors (Lipinski definition) is 1. The van der Waals surface area contributed by atoms with E-state index in [0.717, 1.165) is 0 Å². The number of rotatable bonds is 6. The lowest BCUT2D eigenvalue weighted by Gasteiger charge is -2.28. The molecule has 0 bridgehead atoms. The molecule has 0 spiro atoms. The summed E-state index contributed by atoms with van der Waals surface area (Å²) in [6.45, 7) is 24.9. The van der Waals surface area contributed by atoms with E-state index in [1.165, 1.54) is 0 Å². The fourth-order valence-electron chi connectivity index (χ4n) is 1.75. The fourth-order valence-corrected chi connectivity index (χ4v) is 16.1. The van der Waals surface area contributed by atoms with E-state index in [2.05, 4.69) is 43.9 Å². The van der Waals surface area contributed by atoms with Gasteiger partial charge in [0.05, 0.1) is 0 Å². The zero-order valence-corrected chi connectivity index (χ0v) is 21.4. The average molecular weight is 404 g/mol. The minimum absolute atomic E-state index is 0.981. The second-order valence-electron chi connectivity index (χ2n) is 9.42. The molecule has 0 saturated carbocycles. The predicted octanol–water partition coefficient (Wildman–Crippen LogP) is 4.18. The van der Waals surface area contributed by atoms with E-state index in [0.29, 0.717) is 0 Å². The van der Waals surface area contributed by atoms with Crippen LogP contribution in [-0.2, 0) is 18.1 Å². The third-order valence-corrected chi connectivity index (χ3v) is 13.1. The van der Waals surface area contributed by atoms with Crippen molar-refractivity contribution in [3.63, 3.8) is 0 Å². The van der Waals surface area contributed by atoms with E-state index >= 15 is 0 Å². The maximum absolute atomic E-state index is 11.3. The van der Waals surface area contributed by atoms with Crippen LogP contribution in [0.1, 0.15) is 0 Å². The summed E-state index contributed by atoms with van der Waals surface area (Å²) in [6, 6.07) is 0. The third kappa shape index (κ3) is 23.0. The second kappa shape index (κ2) is 8.19. The molecule has 0 aromatic carbocycles. The highest BCUT2D eigenvalue weighted by atomic mass is 32.3. The molecule has 22 heavy (non-hydrogen) atoms. The van der Waals surface area contributed by atoms with E-state index in [-0.39, 0.29) is 0 Å². The zero-order valence-electron chi connectivity index (χ0n) is 16.5. The molecule has 0 aromatic heterocycles. The molecule has 0 aliphatic rings. The van der Waals surface area contributed by atoms with E-state index in [9.17, 15) is 8.42 Å². The first-order valence-corrected chi connectivity index (χ1v) is 22.7. The van der Waals surface area contributed by atoms with Crippen LogP contribution in [0.15, 0.2) is 0 Å². The summed E-state index contributed by atoms with van der Waals surface area (Å²) >= 11 is 0. The Morgan fingerprint density at radius 2 is 0.818 bits per heavy atom. The Kier molecular flexibility index (Phi) is 9.28. The standard InChI is InChI=1S/C6H19NSi2.C6H18O4SSi2/c1-8(2,3)7-9(4,5)6;1-12(2,3)9-11(7,8)10-13(4,5)6/h7H,1-6H3;1-6H3. The highest BCUT2D eigenvalue weighted by molar-refractivity contribution is 7.84. The van der Waals surface area contributed by atoms with Crippen molar-refractivity contribution in [2.45, 2.75) is 78.6 Å². The molecular weight excluding hydrogens is 367 g/mol. The molecule has 0 unspecified atom stereocenters. The van der Waals surface area contributed by atoms with E-state index in [4.69, 9.17) is 7.74 Å². The van der Waals surface area contributed by atoms with Gasteiger partial charge in [0.2, 0.25) is 16.6 Å². The summed E-state index contributed by atoms with van der Waals surface area (Å²) in [6.07, 6.45) is 0. The SMILES string of the molecule is C[Si](C)(C)N[Si](C)(C)C.C[Si](C)(C)OS(=O)(=O)O[Si](C)(C)C. The number of hydrogen-bond acceptors (Lipinski definition) is 5. The van der Waals surface area contributed by atoms with Crippen molar-refractivity contribution >= 4 is 43.5 Å². The highest BCUT2D eigenvalue weighted by Gasteiger charge is 2.30. The zero-order chi connectivity index (χ0) is 18.6. The summed E-state index contributed by atoms with van der Waals surface area (Å²) < 4.78 is 36.2. The molecule has 0 amide bonds. The lowest BCUT2D eigenvalue weighted by atomic mass is 11.8. The summed E-state index contributed by atoms with van der Waals surface area (Å²) in [5.74, 6) is 0. The van der Waals surface area contributed by atoms with Crippen molar-refractivity contribution in [1.82, 2.24) is 4.65 Å². The topological polar surface area (TPSA) is 64.6 Å². The van der Waals surface area contributed by atoms with Crippen LogP contribution in [0.3, 0.4) is 0 Å². The Morgan fingerprint density at radius 3 is 0.909 bits per heavy atom. The first kappa shape index (κ1) is 24.9. The summed E-state index contributed by atoms with van der Waals surface area (Å²) in [5, 5.41) is 0. The molecule has 0 aliphatic carbocycles. The first-order valence-electron chi connectivity index (χ1n) is 7.57. The Morgan fingerprint density at radius 1 is 0.591 bits per heavy atom. The predicted molar refractivity (Wildman–Crippen MR) is 108 cm³/mol. The molecule has 0 atom stereocenters. The second-order valence-corrected chi connectivity index (χ2v) is 30.0. The molecule has 10 heteroatoms. The largest absolute Gasteiger partial charge is 0.380 e. The van der Waals surface area contributed by atoms with E-state index < -0.39 is 43.5 Å². The molecule has 0 saturated heterocycles. The van der Waals surface area contributed by atoms with Crippen molar-refractivity contribution in [3.8, 4) is 0 Å². The molecule has 0 rings (SSSR count). The van der Waals surface area contributed by atoms with Gasteiger partial charge in [-0.15, -0.1) is 0 Å². The molecule has 0 heterocycles. The summed E-state index contributed by atoms with van der Waals surface area (Å²) in [4.78, 5) is 0. The molecule has 5 nitrogen and oxygen atoms in total. The van der Waals surface area contributed by atoms with E-state index in [1.54, 1.807) is 39.3 Å². The van der Waals surface area contributed by atoms with Crippen molar-refractivity contribution in [2.75, 3.05) is 0 Å². The maximum Gasteiger partial charge on any atom is 0.380 e. The van der Waals surface area contributed by atoms with Gasteiger partial charge in [0.15, 0.2) is 0 Å². The molecular formula is C12H37NO4SSi4. The van der Waals surface area contributed by atoms with Gasteiger partial charge < -0.3 is 4.65 Å².